The molecule has 1 aliphatic heterocycles. The number of piperidine rings is 1. The Morgan fingerprint density at radius 3 is 2.62 bits per heavy atom. The molecule has 7 nitrogen and oxygen atoms in total. The maximum absolute atomic E-state index is 11.7. The Labute approximate surface area is 140 Å². The van der Waals surface area contributed by atoms with Crippen LogP contribution in [-0.2, 0) is 20.9 Å². The average Bonchev–Trinajstić information content (AvgIpc) is 2.54. The molecule has 1 aromatic rings. The van der Waals surface area contributed by atoms with Crippen molar-refractivity contribution in [1.82, 2.24) is 16.0 Å². The zero-order chi connectivity index (χ0) is 16.9. The van der Waals surface area contributed by atoms with E-state index in [0.717, 1.165) is 18.4 Å². The third kappa shape index (κ3) is 4.32. The van der Waals surface area contributed by atoms with Crippen LogP contribution in [0.15, 0.2) is 30.3 Å². The SMILES string of the molecule is O=C1CCC(NC2CC(NC(=O)OCc3ccccc3)C2)C(=O)N1. The highest BCUT2D eigenvalue weighted by Crippen LogP contribution is 2.22. The van der Waals surface area contributed by atoms with E-state index in [9.17, 15) is 14.4 Å². The molecule has 3 rings (SSSR count). The van der Waals surface area contributed by atoms with Crippen LogP contribution >= 0.6 is 0 Å². The Morgan fingerprint density at radius 2 is 1.92 bits per heavy atom. The number of carbonyl (C=O) groups is 3. The van der Waals surface area contributed by atoms with Crippen LogP contribution in [0.25, 0.3) is 0 Å². The molecule has 1 aliphatic carbocycles. The number of hydrogen-bond acceptors (Lipinski definition) is 5. The van der Waals surface area contributed by atoms with Gasteiger partial charge in [-0.25, -0.2) is 4.79 Å². The van der Waals surface area contributed by atoms with Crippen LogP contribution in [0.2, 0.25) is 0 Å². The highest BCUT2D eigenvalue weighted by atomic mass is 16.5. The number of rotatable bonds is 5. The van der Waals surface area contributed by atoms with Gasteiger partial charge in [0.2, 0.25) is 11.8 Å². The van der Waals surface area contributed by atoms with Crippen LogP contribution in [0, 0.1) is 0 Å². The zero-order valence-corrected chi connectivity index (χ0v) is 13.3. The predicted molar refractivity (Wildman–Crippen MR) is 85.9 cm³/mol. The summed E-state index contributed by atoms with van der Waals surface area (Å²) in [6.45, 7) is 0.247. The number of hydrogen-bond donors (Lipinski definition) is 3. The fraction of sp³-hybridized carbons (Fsp3) is 0.471. The quantitative estimate of drug-likeness (QED) is 0.695. The lowest BCUT2D eigenvalue weighted by atomic mass is 9.85. The van der Waals surface area contributed by atoms with E-state index in [1.165, 1.54) is 0 Å². The lowest BCUT2D eigenvalue weighted by Gasteiger charge is -2.38. The third-order valence-corrected chi connectivity index (χ3v) is 4.35. The Balaban J connectivity index is 1.33. The number of imide groups is 1. The Kier molecular flexibility index (Phi) is 5.10. The standard InChI is InChI=1S/C17H21N3O4/c21-15-7-6-14(16(22)20-15)18-12-8-13(9-12)19-17(23)24-10-11-4-2-1-3-5-11/h1-5,12-14,18H,6-10H2,(H,19,23)(H,20,21,22). The van der Waals surface area contributed by atoms with Gasteiger partial charge in [-0.05, 0) is 24.8 Å². The molecule has 3 amide bonds. The van der Waals surface area contributed by atoms with Crippen molar-refractivity contribution in [2.45, 2.75) is 50.4 Å². The molecule has 2 aliphatic rings. The molecule has 1 unspecified atom stereocenters. The Bertz CT molecular complexity index is 614. The van der Waals surface area contributed by atoms with Crippen LogP contribution in [0.4, 0.5) is 4.79 Å². The Hall–Kier alpha value is -2.41. The lowest BCUT2D eigenvalue weighted by Crippen LogP contribution is -2.59. The first kappa shape index (κ1) is 16.4. The van der Waals surface area contributed by atoms with Crippen LogP contribution < -0.4 is 16.0 Å². The minimum Gasteiger partial charge on any atom is -0.445 e. The van der Waals surface area contributed by atoms with Gasteiger partial charge in [0, 0.05) is 18.5 Å². The van der Waals surface area contributed by atoms with Gasteiger partial charge in [-0.3, -0.25) is 14.9 Å². The highest BCUT2D eigenvalue weighted by Gasteiger charge is 2.35. The largest absolute Gasteiger partial charge is 0.445 e. The molecule has 0 bridgehead atoms. The van der Waals surface area contributed by atoms with E-state index in [0.29, 0.717) is 12.8 Å². The van der Waals surface area contributed by atoms with Gasteiger partial charge in [0.1, 0.15) is 6.61 Å². The molecule has 0 spiro atoms. The van der Waals surface area contributed by atoms with E-state index in [1.807, 2.05) is 30.3 Å². The van der Waals surface area contributed by atoms with Gasteiger partial charge in [0.15, 0.2) is 0 Å². The van der Waals surface area contributed by atoms with Crippen molar-refractivity contribution in [3.8, 4) is 0 Å². The maximum atomic E-state index is 11.7. The van der Waals surface area contributed by atoms with Gasteiger partial charge in [-0.1, -0.05) is 30.3 Å². The summed E-state index contributed by atoms with van der Waals surface area (Å²) < 4.78 is 5.18. The van der Waals surface area contributed by atoms with Crippen LogP contribution in [0.5, 0.6) is 0 Å². The van der Waals surface area contributed by atoms with Crippen molar-refractivity contribution in [2.75, 3.05) is 0 Å². The van der Waals surface area contributed by atoms with Gasteiger partial charge in [-0.15, -0.1) is 0 Å². The second-order valence-corrected chi connectivity index (χ2v) is 6.24. The summed E-state index contributed by atoms with van der Waals surface area (Å²) in [5.74, 6) is -0.475. The zero-order valence-electron chi connectivity index (χ0n) is 13.3. The number of benzene rings is 1. The van der Waals surface area contributed by atoms with E-state index in [-0.39, 0.29) is 36.5 Å². The average molecular weight is 331 g/mol. The number of alkyl carbamates (subject to hydrolysis) is 1. The molecule has 7 heteroatoms. The molecule has 2 fully saturated rings. The van der Waals surface area contributed by atoms with Crippen molar-refractivity contribution in [3.63, 3.8) is 0 Å². The van der Waals surface area contributed by atoms with E-state index in [4.69, 9.17) is 4.74 Å². The summed E-state index contributed by atoms with van der Waals surface area (Å²) in [5, 5.41) is 8.38. The first-order valence-electron chi connectivity index (χ1n) is 8.17. The first-order chi connectivity index (χ1) is 11.6. The summed E-state index contributed by atoms with van der Waals surface area (Å²) in [5.41, 5.74) is 0.943. The third-order valence-electron chi connectivity index (χ3n) is 4.35. The van der Waals surface area contributed by atoms with Crippen LogP contribution in [0.1, 0.15) is 31.2 Å². The van der Waals surface area contributed by atoms with Gasteiger partial charge in [0.25, 0.3) is 0 Å². The number of carbonyl (C=O) groups excluding carboxylic acids is 3. The van der Waals surface area contributed by atoms with Crippen molar-refractivity contribution in [2.24, 2.45) is 0 Å². The topological polar surface area (TPSA) is 96.5 Å². The number of amides is 3. The van der Waals surface area contributed by atoms with E-state index in [1.54, 1.807) is 0 Å². The molecule has 1 atom stereocenters. The van der Waals surface area contributed by atoms with E-state index < -0.39 is 6.09 Å². The van der Waals surface area contributed by atoms with Gasteiger partial charge in [0.05, 0.1) is 6.04 Å². The molecular formula is C17H21N3O4. The molecule has 3 N–H and O–H groups in total. The molecule has 1 saturated heterocycles. The smallest absolute Gasteiger partial charge is 0.407 e. The summed E-state index contributed by atoms with van der Waals surface area (Å²) in [6, 6.07) is 9.41. The molecular weight excluding hydrogens is 310 g/mol. The minimum atomic E-state index is -0.427. The van der Waals surface area contributed by atoms with Crippen molar-refractivity contribution in [1.29, 1.82) is 0 Å². The summed E-state index contributed by atoms with van der Waals surface area (Å²) in [4.78, 5) is 34.5. The maximum Gasteiger partial charge on any atom is 0.407 e. The summed E-state index contributed by atoms with van der Waals surface area (Å²) in [7, 11) is 0. The van der Waals surface area contributed by atoms with Crippen molar-refractivity contribution in [3.05, 3.63) is 35.9 Å². The molecule has 1 aromatic carbocycles. The Morgan fingerprint density at radius 1 is 1.17 bits per heavy atom. The molecule has 0 aromatic heterocycles. The number of nitrogens with one attached hydrogen (secondary N) is 3. The van der Waals surface area contributed by atoms with E-state index in [2.05, 4.69) is 16.0 Å². The molecule has 24 heavy (non-hydrogen) atoms. The van der Waals surface area contributed by atoms with Gasteiger partial charge >= 0.3 is 6.09 Å². The van der Waals surface area contributed by atoms with E-state index >= 15 is 0 Å². The first-order valence-corrected chi connectivity index (χ1v) is 8.17. The highest BCUT2D eigenvalue weighted by molar-refractivity contribution is 6.00. The van der Waals surface area contributed by atoms with Crippen molar-refractivity contribution >= 4 is 17.9 Å². The molecule has 1 saturated carbocycles. The van der Waals surface area contributed by atoms with Crippen LogP contribution in [-0.4, -0.2) is 36.0 Å². The summed E-state index contributed by atoms with van der Waals surface area (Å²) >= 11 is 0. The number of ether oxygens (including phenoxy) is 1. The molecule has 0 radical (unpaired) electrons. The minimum absolute atomic E-state index is 0.0547. The lowest BCUT2D eigenvalue weighted by molar-refractivity contribution is -0.135. The van der Waals surface area contributed by atoms with Crippen molar-refractivity contribution < 1.29 is 19.1 Å². The normalized spacial score (nSPS) is 26.2. The monoisotopic (exact) mass is 331 g/mol. The second-order valence-electron chi connectivity index (χ2n) is 6.24. The van der Waals surface area contributed by atoms with Gasteiger partial charge < -0.3 is 15.4 Å². The predicted octanol–water partition coefficient (Wildman–Crippen LogP) is 0.839. The summed E-state index contributed by atoms with van der Waals surface area (Å²) in [6.07, 6.45) is 1.96. The van der Waals surface area contributed by atoms with Gasteiger partial charge in [-0.2, -0.15) is 0 Å². The fourth-order valence-electron chi connectivity index (χ4n) is 2.94. The molecule has 1 heterocycles. The fourth-order valence-corrected chi connectivity index (χ4v) is 2.94. The van der Waals surface area contributed by atoms with Crippen LogP contribution in [0.3, 0.4) is 0 Å². The molecule has 128 valence electrons. The second kappa shape index (κ2) is 7.44.